The van der Waals surface area contributed by atoms with Crippen molar-refractivity contribution in [2.45, 2.75) is 58.2 Å². The van der Waals surface area contributed by atoms with Crippen molar-refractivity contribution in [3.8, 4) is 11.5 Å². The minimum absolute atomic E-state index is 0.00682. The van der Waals surface area contributed by atoms with Crippen LogP contribution in [0, 0.1) is 5.92 Å². The Morgan fingerprint density at radius 1 is 1.17 bits per heavy atom. The van der Waals surface area contributed by atoms with E-state index in [0.29, 0.717) is 49.2 Å². The lowest BCUT2D eigenvalue weighted by molar-refractivity contribution is -0.134. The molecule has 2 amide bonds. The number of nitrogens with one attached hydrogen (secondary N) is 1. The van der Waals surface area contributed by atoms with E-state index in [-0.39, 0.29) is 24.0 Å². The van der Waals surface area contributed by atoms with Crippen LogP contribution in [0.1, 0.15) is 56.3 Å². The number of hydrogen-bond donors (Lipinski definition) is 1. The molecule has 166 valence electrons. The summed E-state index contributed by atoms with van der Waals surface area (Å²) in [5.74, 6) is 1.53. The van der Waals surface area contributed by atoms with Crippen LogP contribution in [-0.2, 0) is 9.53 Å². The Balaban J connectivity index is 1.55. The Bertz CT molecular complexity index is 724. The molecule has 0 atom stereocenters. The predicted molar refractivity (Wildman–Crippen MR) is 114 cm³/mol. The second-order valence-electron chi connectivity index (χ2n) is 8.31. The van der Waals surface area contributed by atoms with E-state index in [9.17, 15) is 9.59 Å². The summed E-state index contributed by atoms with van der Waals surface area (Å²) in [5, 5.41) is 2.94. The van der Waals surface area contributed by atoms with Crippen LogP contribution in [0.25, 0.3) is 0 Å². The number of piperidine rings is 1. The van der Waals surface area contributed by atoms with Gasteiger partial charge in [0.1, 0.15) is 17.6 Å². The first kappa shape index (κ1) is 22.4. The summed E-state index contributed by atoms with van der Waals surface area (Å²) in [6, 6.07) is 5.30. The fourth-order valence-electron chi connectivity index (χ4n) is 3.57. The molecule has 7 nitrogen and oxygen atoms in total. The van der Waals surface area contributed by atoms with Gasteiger partial charge in [0.05, 0.1) is 18.8 Å². The normalized spacial score (nSPS) is 17.1. The van der Waals surface area contributed by atoms with E-state index < -0.39 is 0 Å². The summed E-state index contributed by atoms with van der Waals surface area (Å²) in [6.07, 6.45) is 4.54. The van der Waals surface area contributed by atoms with Gasteiger partial charge in [-0.2, -0.15) is 0 Å². The lowest BCUT2D eigenvalue weighted by Crippen LogP contribution is -2.42. The summed E-state index contributed by atoms with van der Waals surface area (Å²) in [5.41, 5.74) is 0.468. The molecule has 1 saturated carbocycles. The second-order valence-corrected chi connectivity index (χ2v) is 8.31. The van der Waals surface area contributed by atoms with Gasteiger partial charge in [0.25, 0.3) is 5.91 Å². The first-order chi connectivity index (χ1) is 14.5. The molecular weight excluding hydrogens is 384 g/mol. The summed E-state index contributed by atoms with van der Waals surface area (Å²) in [6.45, 7) is 6.55. The highest BCUT2D eigenvalue weighted by Crippen LogP contribution is 2.32. The van der Waals surface area contributed by atoms with Crippen LogP contribution in [0.5, 0.6) is 11.5 Å². The zero-order valence-corrected chi connectivity index (χ0v) is 18.3. The molecule has 2 aliphatic rings. The number of hydrogen-bond acceptors (Lipinski definition) is 5. The topological polar surface area (TPSA) is 77.1 Å². The molecule has 1 saturated heterocycles. The molecule has 0 spiro atoms. The SMILES string of the molecule is COc1ccc(OC2CCN(C(=O)C3CC3)CC2)c(C(=O)NCCCOC(C)C)c1. The lowest BCUT2D eigenvalue weighted by atomic mass is 10.1. The van der Waals surface area contributed by atoms with Gasteiger partial charge in [0.2, 0.25) is 5.91 Å². The third kappa shape index (κ3) is 6.36. The van der Waals surface area contributed by atoms with Crippen molar-refractivity contribution in [1.82, 2.24) is 10.2 Å². The van der Waals surface area contributed by atoms with E-state index in [1.54, 1.807) is 25.3 Å². The molecule has 7 heteroatoms. The number of likely N-dealkylation sites (tertiary alicyclic amines) is 1. The summed E-state index contributed by atoms with van der Waals surface area (Å²) in [4.78, 5) is 26.9. The van der Waals surface area contributed by atoms with Gasteiger partial charge in [-0.3, -0.25) is 9.59 Å². The number of rotatable bonds is 10. The van der Waals surface area contributed by atoms with Crippen LogP contribution < -0.4 is 14.8 Å². The van der Waals surface area contributed by atoms with E-state index in [1.807, 2.05) is 18.7 Å². The molecule has 0 bridgehead atoms. The average molecular weight is 419 g/mol. The van der Waals surface area contributed by atoms with Gasteiger partial charge < -0.3 is 24.4 Å². The second kappa shape index (κ2) is 10.7. The number of amides is 2. The summed E-state index contributed by atoms with van der Waals surface area (Å²) < 4.78 is 17.0. The third-order valence-corrected chi connectivity index (χ3v) is 5.46. The van der Waals surface area contributed by atoms with Crippen LogP contribution in [0.3, 0.4) is 0 Å². The Kier molecular flexibility index (Phi) is 7.96. The van der Waals surface area contributed by atoms with Crippen molar-refractivity contribution in [2.75, 3.05) is 33.4 Å². The molecule has 1 heterocycles. The smallest absolute Gasteiger partial charge is 0.255 e. The van der Waals surface area contributed by atoms with Crippen molar-refractivity contribution in [3.63, 3.8) is 0 Å². The van der Waals surface area contributed by atoms with Gasteiger partial charge in [-0.25, -0.2) is 0 Å². The lowest BCUT2D eigenvalue weighted by Gasteiger charge is -2.32. The predicted octanol–water partition coefficient (Wildman–Crippen LogP) is 3.02. The average Bonchev–Trinajstić information content (AvgIpc) is 3.59. The van der Waals surface area contributed by atoms with Crippen molar-refractivity contribution in [2.24, 2.45) is 5.92 Å². The van der Waals surface area contributed by atoms with Crippen molar-refractivity contribution >= 4 is 11.8 Å². The minimum Gasteiger partial charge on any atom is -0.497 e. The molecule has 0 radical (unpaired) electrons. The summed E-state index contributed by atoms with van der Waals surface area (Å²) in [7, 11) is 1.58. The van der Waals surface area contributed by atoms with E-state index in [2.05, 4.69) is 5.32 Å². The number of benzene rings is 1. The van der Waals surface area contributed by atoms with Gasteiger partial charge in [0.15, 0.2) is 0 Å². The number of methoxy groups -OCH3 is 1. The highest BCUT2D eigenvalue weighted by molar-refractivity contribution is 5.97. The Labute approximate surface area is 179 Å². The Hall–Kier alpha value is -2.28. The molecule has 3 rings (SSSR count). The number of nitrogens with zero attached hydrogens (tertiary/aromatic N) is 1. The van der Waals surface area contributed by atoms with Crippen LogP contribution in [0.15, 0.2) is 18.2 Å². The number of ether oxygens (including phenoxy) is 3. The fraction of sp³-hybridized carbons (Fsp3) is 0.652. The number of carbonyl (C=O) groups is 2. The van der Waals surface area contributed by atoms with Crippen molar-refractivity contribution < 1.29 is 23.8 Å². The van der Waals surface area contributed by atoms with E-state index >= 15 is 0 Å². The highest BCUT2D eigenvalue weighted by atomic mass is 16.5. The molecule has 1 aromatic rings. The molecule has 2 fully saturated rings. The Morgan fingerprint density at radius 2 is 1.90 bits per heavy atom. The fourth-order valence-corrected chi connectivity index (χ4v) is 3.57. The molecule has 30 heavy (non-hydrogen) atoms. The van der Waals surface area contributed by atoms with Gasteiger partial charge in [-0.15, -0.1) is 0 Å². The van der Waals surface area contributed by atoms with E-state index in [1.165, 1.54) is 0 Å². The quantitative estimate of drug-likeness (QED) is 0.591. The maximum atomic E-state index is 12.8. The van der Waals surface area contributed by atoms with E-state index in [0.717, 1.165) is 32.1 Å². The number of carbonyl (C=O) groups excluding carboxylic acids is 2. The van der Waals surface area contributed by atoms with Crippen LogP contribution in [0.4, 0.5) is 0 Å². The standard InChI is InChI=1S/C23H34N2O5/c1-16(2)29-14-4-11-24-22(26)20-15-19(28-3)7-8-21(20)30-18-9-12-25(13-10-18)23(27)17-5-6-17/h7-8,15-18H,4-6,9-14H2,1-3H3,(H,24,26). The van der Waals surface area contributed by atoms with Crippen LogP contribution in [0.2, 0.25) is 0 Å². The maximum Gasteiger partial charge on any atom is 0.255 e. The maximum absolute atomic E-state index is 12.8. The van der Waals surface area contributed by atoms with Crippen molar-refractivity contribution in [3.05, 3.63) is 23.8 Å². The largest absolute Gasteiger partial charge is 0.497 e. The molecule has 0 aromatic heterocycles. The first-order valence-corrected chi connectivity index (χ1v) is 11.0. The van der Waals surface area contributed by atoms with Gasteiger partial charge in [-0.1, -0.05) is 0 Å². The zero-order chi connectivity index (χ0) is 21.5. The van der Waals surface area contributed by atoms with Crippen molar-refractivity contribution in [1.29, 1.82) is 0 Å². The summed E-state index contributed by atoms with van der Waals surface area (Å²) >= 11 is 0. The monoisotopic (exact) mass is 418 g/mol. The van der Waals surface area contributed by atoms with Crippen LogP contribution in [-0.4, -0.2) is 62.3 Å². The van der Waals surface area contributed by atoms with Gasteiger partial charge in [0, 0.05) is 45.0 Å². The van der Waals surface area contributed by atoms with E-state index in [4.69, 9.17) is 14.2 Å². The molecule has 1 N–H and O–H groups in total. The first-order valence-electron chi connectivity index (χ1n) is 11.0. The third-order valence-electron chi connectivity index (χ3n) is 5.46. The van der Waals surface area contributed by atoms with Gasteiger partial charge >= 0.3 is 0 Å². The molecule has 1 aliphatic carbocycles. The molecule has 1 aromatic carbocycles. The molecular formula is C23H34N2O5. The van der Waals surface area contributed by atoms with Crippen LogP contribution >= 0.6 is 0 Å². The minimum atomic E-state index is -0.185. The molecule has 1 aliphatic heterocycles. The van der Waals surface area contributed by atoms with Gasteiger partial charge in [-0.05, 0) is 51.3 Å². The zero-order valence-electron chi connectivity index (χ0n) is 18.3. The Morgan fingerprint density at radius 3 is 2.53 bits per heavy atom. The highest BCUT2D eigenvalue weighted by Gasteiger charge is 2.35. The molecule has 0 unspecified atom stereocenters.